The monoisotopic (exact) mass is 337 g/mol. The number of benzene rings is 1. The minimum Gasteiger partial charge on any atom is -0.508 e. The molecule has 0 fully saturated rings. The van der Waals surface area contributed by atoms with E-state index < -0.39 is 6.04 Å². The van der Waals surface area contributed by atoms with Crippen molar-refractivity contribution in [1.29, 1.82) is 0 Å². The van der Waals surface area contributed by atoms with Crippen molar-refractivity contribution in [2.24, 2.45) is 0 Å². The van der Waals surface area contributed by atoms with E-state index in [1.54, 1.807) is 42.8 Å². The van der Waals surface area contributed by atoms with Gasteiger partial charge in [0.1, 0.15) is 12.3 Å². The van der Waals surface area contributed by atoms with Crippen LogP contribution in [0.5, 0.6) is 5.75 Å². The summed E-state index contributed by atoms with van der Waals surface area (Å²) in [6.07, 6.45) is 0.473. The molecule has 6 nitrogen and oxygen atoms in total. The smallest absolute Gasteiger partial charge is 0.242 e. The van der Waals surface area contributed by atoms with E-state index in [1.807, 2.05) is 0 Å². The maximum Gasteiger partial charge on any atom is 0.242 e. The zero-order valence-corrected chi connectivity index (χ0v) is 13.8. The molecule has 0 saturated carbocycles. The number of aliphatic hydroxyl groups excluding tert-OH is 1. The number of hydrogen-bond acceptors (Lipinski definition) is 4. The predicted molar refractivity (Wildman–Crippen MR) is 87.5 cm³/mol. The van der Waals surface area contributed by atoms with Crippen molar-refractivity contribution in [3.63, 3.8) is 0 Å². The van der Waals surface area contributed by atoms with Gasteiger partial charge in [0.05, 0.1) is 29.1 Å². The quantitative estimate of drug-likeness (QED) is 0.747. The van der Waals surface area contributed by atoms with Gasteiger partial charge in [0.25, 0.3) is 0 Å². The molecule has 1 amide bonds. The Kier molecular flexibility index (Phi) is 5.63. The number of carbonyl (C=O) groups is 1. The predicted octanol–water partition coefficient (Wildman–Crippen LogP) is 1.58. The molecule has 0 spiro atoms. The fraction of sp³-hybridized carbons (Fsp3) is 0.375. The maximum absolute atomic E-state index is 12.1. The Hall–Kier alpha value is -2.05. The van der Waals surface area contributed by atoms with E-state index in [9.17, 15) is 15.0 Å². The Balaban J connectivity index is 1.96. The first-order valence-electron chi connectivity index (χ1n) is 7.28. The Morgan fingerprint density at radius 2 is 2.00 bits per heavy atom. The normalized spacial score (nSPS) is 12.2. The molecule has 3 N–H and O–H groups in total. The van der Waals surface area contributed by atoms with Crippen molar-refractivity contribution < 1.29 is 15.0 Å². The summed E-state index contributed by atoms with van der Waals surface area (Å²) in [7, 11) is 0. The number of hydrogen-bond donors (Lipinski definition) is 3. The van der Waals surface area contributed by atoms with Crippen LogP contribution < -0.4 is 5.32 Å². The van der Waals surface area contributed by atoms with Crippen LogP contribution in [0.15, 0.2) is 24.3 Å². The number of aryl methyl sites for hydroxylation is 1. The van der Waals surface area contributed by atoms with E-state index in [0.29, 0.717) is 17.1 Å². The van der Waals surface area contributed by atoms with Gasteiger partial charge >= 0.3 is 0 Å². The van der Waals surface area contributed by atoms with E-state index in [0.717, 1.165) is 11.3 Å². The van der Waals surface area contributed by atoms with Crippen molar-refractivity contribution in [2.45, 2.75) is 32.9 Å². The van der Waals surface area contributed by atoms with Crippen LogP contribution in [0.3, 0.4) is 0 Å². The number of nitrogens with zero attached hydrogens (tertiary/aromatic N) is 2. The molecule has 1 aromatic carbocycles. The van der Waals surface area contributed by atoms with Crippen molar-refractivity contribution in [2.75, 3.05) is 6.61 Å². The second-order valence-corrected chi connectivity index (χ2v) is 5.84. The number of carbonyl (C=O) groups excluding carboxylic acids is 1. The Morgan fingerprint density at radius 3 is 2.52 bits per heavy atom. The number of amides is 1. The fourth-order valence-corrected chi connectivity index (χ4v) is 2.45. The van der Waals surface area contributed by atoms with E-state index in [4.69, 9.17) is 11.6 Å². The van der Waals surface area contributed by atoms with Crippen LogP contribution in [0.4, 0.5) is 0 Å². The molecule has 23 heavy (non-hydrogen) atoms. The number of aliphatic hydroxyl groups is 1. The van der Waals surface area contributed by atoms with Crippen molar-refractivity contribution in [1.82, 2.24) is 15.1 Å². The molecule has 0 saturated heterocycles. The van der Waals surface area contributed by atoms with Crippen LogP contribution >= 0.6 is 11.6 Å². The topological polar surface area (TPSA) is 87.4 Å². The Morgan fingerprint density at radius 1 is 1.35 bits per heavy atom. The molecule has 0 radical (unpaired) electrons. The van der Waals surface area contributed by atoms with Crippen molar-refractivity contribution in [3.8, 4) is 5.75 Å². The van der Waals surface area contributed by atoms with Gasteiger partial charge in [-0.3, -0.25) is 9.48 Å². The first kappa shape index (κ1) is 17.3. The highest BCUT2D eigenvalue weighted by molar-refractivity contribution is 6.31. The highest BCUT2D eigenvalue weighted by Gasteiger charge is 2.15. The standard InChI is InChI=1S/C16H20ClN3O3/c1-10-16(17)11(2)20(19-10)8-15(23)18-13(9-21)7-12-3-5-14(22)6-4-12/h3-6,13,21-22H,7-9H2,1-2H3,(H,18,23)/t13-/m0/s1. The van der Waals surface area contributed by atoms with Crippen LogP contribution in [0.2, 0.25) is 5.02 Å². The number of halogens is 1. The van der Waals surface area contributed by atoms with Gasteiger partial charge in [-0.1, -0.05) is 23.7 Å². The summed E-state index contributed by atoms with van der Waals surface area (Å²) in [5.74, 6) is -0.0650. The van der Waals surface area contributed by atoms with Crippen molar-refractivity contribution in [3.05, 3.63) is 46.2 Å². The lowest BCUT2D eigenvalue weighted by atomic mass is 10.1. The molecule has 1 heterocycles. The third-order valence-corrected chi connectivity index (χ3v) is 4.14. The highest BCUT2D eigenvalue weighted by atomic mass is 35.5. The van der Waals surface area contributed by atoms with Gasteiger partial charge in [0.15, 0.2) is 0 Å². The van der Waals surface area contributed by atoms with E-state index in [-0.39, 0.29) is 24.8 Å². The molecular weight excluding hydrogens is 318 g/mol. The number of phenols is 1. The molecule has 7 heteroatoms. The number of rotatable bonds is 6. The fourth-order valence-electron chi connectivity index (χ4n) is 2.32. The minimum atomic E-state index is -0.403. The maximum atomic E-state index is 12.1. The Labute approximate surface area is 139 Å². The lowest BCUT2D eigenvalue weighted by molar-refractivity contribution is -0.122. The highest BCUT2D eigenvalue weighted by Crippen LogP contribution is 2.18. The molecule has 0 aliphatic rings. The zero-order chi connectivity index (χ0) is 17.0. The zero-order valence-electron chi connectivity index (χ0n) is 13.1. The summed E-state index contributed by atoms with van der Waals surface area (Å²) in [6.45, 7) is 3.45. The number of aromatic nitrogens is 2. The summed E-state index contributed by atoms with van der Waals surface area (Å²) in [6, 6.07) is 6.25. The molecular formula is C16H20ClN3O3. The second kappa shape index (κ2) is 7.48. The van der Waals surface area contributed by atoms with Crippen LogP contribution in [0.1, 0.15) is 17.0 Å². The lowest BCUT2D eigenvalue weighted by Gasteiger charge is -2.17. The van der Waals surface area contributed by atoms with Gasteiger partial charge < -0.3 is 15.5 Å². The molecule has 2 aromatic rings. The molecule has 0 unspecified atom stereocenters. The van der Waals surface area contributed by atoms with Gasteiger partial charge in [0, 0.05) is 0 Å². The minimum absolute atomic E-state index is 0.0471. The first-order chi connectivity index (χ1) is 10.9. The average molecular weight is 338 g/mol. The average Bonchev–Trinajstić information content (AvgIpc) is 2.76. The van der Waals surface area contributed by atoms with Gasteiger partial charge in [-0.2, -0.15) is 5.10 Å². The van der Waals surface area contributed by atoms with Crippen LogP contribution in [-0.4, -0.2) is 38.5 Å². The summed E-state index contributed by atoms with van der Waals surface area (Å²) in [5, 5.41) is 26.3. The van der Waals surface area contributed by atoms with Crippen LogP contribution in [-0.2, 0) is 17.8 Å². The molecule has 2 rings (SSSR count). The third kappa shape index (κ3) is 4.46. The molecule has 124 valence electrons. The number of nitrogens with one attached hydrogen (secondary N) is 1. The summed E-state index contributed by atoms with van der Waals surface area (Å²) >= 11 is 6.06. The van der Waals surface area contributed by atoms with E-state index >= 15 is 0 Å². The molecule has 0 bridgehead atoms. The summed E-state index contributed by atoms with van der Waals surface area (Å²) in [4.78, 5) is 12.1. The van der Waals surface area contributed by atoms with Crippen molar-refractivity contribution >= 4 is 17.5 Å². The number of aromatic hydroxyl groups is 1. The first-order valence-corrected chi connectivity index (χ1v) is 7.66. The number of phenolic OH excluding ortho intramolecular Hbond substituents is 1. The second-order valence-electron chi connectivity index (χ2n) is 5.46. The van der Waals surface area contributed by atoms with Crippen LogP contribution in [0, 0.1) is 13.8 Å². The molecule has 0 aliphatic heterocycles. The largest absolute Gasteiger partial charge is 0.508 e. The van der Waals surface area contributed by atoms with Gasteiger partial charge in [0.2, 0.25) is 5.91 Å². The molecule has 1 atom stereocenters. The SMILES string of the molecule is Cc1nn(CC(=O)N[C@H](CO)Cc2ccc(O)cc2)c(C)c1Cl. The van der Waals surface area contributed by atoms with Gasteiger partial charge in [-0.05, 0) is 38.0 Å². The lowest BCUT2D eigenvalue weighted by Crippen LogP contribution is -2.41. The molecule has 1 aromatic heterocycles. The molecule has 0 aliphatic carbocycles. The summed E-state index contributed by atoms with van der Waals surface area (Å²) in [5.41, 5.74) is 2.33. The van der Waals surface area contributed by atoms with Gasteiger partial charge in [-0.15, -0.1) is 0 Å². The summed E-state index contributed by atoms with van der Waals surface area (Å²) < 4.78 is 1.54. The Bertz CT molecular complexity index is 683. The van der Waals surface area contributed by atoms with Gasteiger partial charge in [-0.25, -0.2) is 0 Å². The van der Waals surface area contributed by atoms with E-state index in [1.165, 1.54) is 0 Å². The van der Waals surface area contributed by atoms with E-state index in [2.05, 4.69) is 10.4 Å². The van der Waals surface area contributed by atoms with Crippen LogP contribution in [0.25, 0.3) is 0 Å². The third-order valence-electron chi connectivity index (χ3n) is 3.59.